The summed E-state index contributed by atoms with van der Waals surface area (Å²) in [7, 11) is 2.77. The molecule has 0 fully saturated rings. The SMILES string of the molecule is Cc1nc(C)c(-c2nnc(S(=O)(=O)Cl)n2C)o1. The first kappa shape index (κ1) is 12.1. The summed E-state index contributed by atoms with van der Waals surface area (Å²) >= 11 is 0. The van der Waals surface area contributed by atoms with Gasteiger partial charge in [-0.15, -0.1) is 10.2 Å². The zero-order chi connectivity index (χ0) is 12.8. The van der Waals surface area contributed by atoms with E-state index in [-0.39, 0.29) is 11.0 Å². The number of aryl methyl sites for hydroxylation is 2. The minimum absolute atomic E-state index is 0.266. The van der Waals surface area contributed by atoms with Crippen molar-refractivity contribution >= 4 is 19.7 Å². The van der Waals surface area contributed by atoms with E-state index in [2.05, 4.69) is 15.2 Å². The molecule has 0 atom stereocenters. The minimum Gasteiger partial charge on any atom is -0.437 e. The molecule has 0 aliphatic rings. The number of nitrogens with zero attached hydrogens (tertiary/aromatic N) is 4. The molecule has 9 heteroatoms. The molecule has 2 heterocycles. The first-order chi connectivity index (χ1) is 7.80. The maximum atomic E-state index is 11.2. The second kappa shape index (κ2) is 3.81. The van der Waals surface area contributed by atoms with Crippen molar-refractivity contribution in [2.24, 2.45) is 7.05 Å². The summed E-state index contributed by atoms with van der Waals surface area (Å²) in [6.07, 6.45) is 0. The highest BCUT2D eigenvalue weighted by molar-refractivity contribution is 8.13. The Morgan fingerprint density at radius 2 is 1.94 bits per heavy atom. The molecule has 92 valence electrons. The molecule has 0 radical (unpaired) electrons. The van der Waals surface area contributed by atoms with Crippen LogP contribution in [0, 0.1) is 13.8 Å². The Balaban J connectivity index is 2.63. The fourth-order valence-electron chi connectivity index (χ4n) is 1.46. The second-order valence-corrected chi connectivity index (χ2v) is 5.91. The summed E-state index contributed by atoms with van der Waals surface area (Å²) in [6, 6.07) is 0. The van der Waals surface area contributed by atoms with Crippen molar-refractivity contribution in [3.63, 3.8) is 0 Å². The second-order valence-electron chi connectivity index (χ2n) is 3.45. The van der Waals surface area contributed by atoms with Gasteiger partial charge in [0.25, 0.3) is 14.2 Å². The third-order valence-electron chi connectivity index (χ3n) is 2.16. The molecule has 0 aliphatic heterocycles. The number of hydrogen-bond acceptors (Lipinski definition) is 6. The lowest BCUT2D eigenvalue weighted by atomic mass is 10.3. The Labute approximate surface area is 102 Å². The van der Waals surface area contributed by atoms with E-state index >= 15 is 0 Å². The van der Waals surface area contributed by atoms with Gasteiger partial charge in [0.2, 0.25) is 5.82 Å². The van der Waals surface area contributed by atoms with E-state index in [1.54, 1.807) is 13.8 Å². The topological polar surface area (TPSA) is 90.9 Å². The Hall–Kier alpha value is -1.41. The molecule has 0 bridgehead atoms. The number of hydrogen-bond donors (Lipinski definition) is 0. The Morgan fingerprint density at radius 3 is 2.35 bits per heavy atom. The van der Waals surface area contributed by atoms with Gasteiger partial charge in [0.1, 0.15) is 0 Å². The fraction of sp³-hybridized carbons (Fsp3) is 0.375. The minimum atomic E-state index is -3.93. The maximum absolute atomic E-state index is 11.2. The Kier molecular flexibility index (Phi) is 2.70. The van der Waals surface area contributed by atoms with Crippen LogP contribution in [-0.2, 0) is 16.1 Å². The van der Waals surface area contributed by atoms with Crippen molar-refractivity contribution in [2.75, 3.05) is 0 Å². The average molecular weight is 277 g/mol. The van der Waals surface area contributed by atoms with Gasteiger partial charge < -0.3 is 4.42 Å². The van der Waals surface area contributed by atoms with Gasteiger partial charge in [-0.25, -0.2) is 13.4 Å². The molecule has 0 saturated carbocycles. The van der Waals surface area contributed by atoms with Crippen molar-refractivity contribution in [3.8, 4) is 11.6 Å². The van der Waals surface area contributed by atoms with Crippen molar-refractivity contribution < 1.29 is 12.8 Å². The van der Waals surface area contributed by atoms with Crippen LogP contribution in [0.15, 0.2) is 9.57 Å². The standard InChI is InChI=1S/C8H9ClN4O3S/c1-4-6(16-5(2)10-4)7-11-12-8(13(7)3)17(9,14)15/h1-3H3. The van der Waals surface area contributed by atoms with Crippen LogP contribution < -0.4 is 0 Å². The lowest BCUT2D eigenvalue weighted by Crippen LogP contribution is -2.02. The van der Waals surface area contributed by atoms with Crippen LogP contribution in [0.25, 0.3) is 11.6 Å². The summed E-state index contributed by atoms with van der Waals surface area (Å²) in [4.78, 5) is 4.07. The molecule has 0 spiro atoms. The predicted molar refractivity (Wildman–Crippen MR) is 59.0 cm³/mol. The molecule has 0 amide bonds. The number of oxazole rings is 1. The number of halogens is 1. The highest BCUT2D eigenvalue weighted by atomic mass is 35.7. The zero-order valence-corrected chi connectivity index (χ0v) is 10.9. The Morgan fingerprint density at radius 1 is 1.29 bits per heavy atom. The molecule has 17 heavy (non-hydrogen) atoms. The van der Waals surface area contributed by atoms with E-state index < -0.39 is 9.05 Å². The van der Waals surface area contributed by atoms with Crippen molar-refractivity contribution in [1.82, 2.24) is 19.7 Å². The molecule has 2 aromatic rings. The number of aromatic nitrogens is 4. The predicted octanol–water partition coefficient (Wildman–Crippen LogP) is 1.01. The summed E-state index contributed by atoms with van der Waals surface area (Å²) in [5.41, 5.74) is 0.608. The molecule has 0 unspecified atom stereocenters. The quantitative estimate of drug-likeness (QED) is 0.761. The summed E-state index contributed by atoms with van der Waals surface area (Å²) in [5, 5.41) is 6.93. The van der Waals surface area contributed by atoms with Crippen molar-refractivity contribution in [2.45, 2.75) is 19.0 Å². The summed E-state index contributed by atoms with van der Waals surface area (Å²) in [6.45, 7) is 3.42. The lowest BCUT2D eigenvalue weighted by Gasteiger charge is -1.98. The van der Waals surface area contributed by atoms with Gasteiger partial charge in [0.05, 0.1) is 5.69 Å². The largest absolute Gasteiger partial charge is 0.437 e. The average Bonchev–Trinajstić information content (AvgIpc) is 2.68. The van der Waals surface area contributed by atoms with Crippen LogP contribution in [0.5, 0.6) is 0 Å². The molecule has 0 aliphatic carbocycles. The van der Waals surface area contributed by atoms with Crippen LogP contribution in [0.1, 0.15) is 11.6 Å². The molecule has 7 nitrogen and oxygen atoms in total. The van der Waals surface area contributed by atoms with E-state index in [0.29, 0.717) is 17.3 Å². The van der Waals surface area contributed by atoms with Gasteiger partial charge in [-0.05, 0) is 6.92 Å². The molecule has 2 aromatic heterocycles. The monoisotopic (exact) mass is 276 g/mol. The summed E-state index contributed by atoms with van der Waals surface area (Å²) < 4.78 is 28.9. The maximum Gasteiger partial charge on any atom is 0.296 e. The van der Waals surface area contributed by atoms with Gasteiger partial charge in [0.15, 0.2) is 11.7 Å². The molecular formula is C8H9ClN4O3S. The van der Waals surface area contributed by atoms with E-state index in [1.807, 2.05) is 0 Å². The molecule has 0 aromatic carbocycles. The van der Waals surface area contributed by atoms with Gasteiger partial charge >= 0.3 is 0 Å². The van der Waals surface area contributed by atoms with Crippen LogP contribution in [-0.4, -0.2) is 28.2 Å². The van der Waals surface area contributed by atoms with E-state index in [0.717, 1.165) is 0 Å². The highest BCUT2D eigenvalue weighted by Gasteiger charge is 2.24. The molecular weight excluding hydrogens is 268 g/mol. The van der Waals surface area contributed by atoms with Crippen LogP contribution in [0.2, 0.25) is 0 Å². The number of rotatable bonds is 2. The molecule has 0 saturated heterocycles. The first-order valence-electron chi connectivity index (χ1n) is 4.59. The smallest absolute Gasteiger partial charge is 0.296 e. The zero-order valence-electron chi connectivity index (χ0n) is 9.30. The third-order valence-corrected chi connectivity index (χ3v) is 3.37. The van der Waals surface area contributed by atoms with Crippen molar-refractivity contribution in [3.05, 3.63) is 11.6 Å². The van der Waals surface area contributed by atoms with Crippen LogP contribution in [0.3, 0.4) is 0 Å². The van der Waals surface area contributed by atoms with Gasteiger partial charge in [0, 0.05) is 24.7 Å². The molecule has 0 N–H and O–H groups in total. The van der Waals surface area contributed by atoms with Crippen LogP contribution in [0.4, 0.5) is 0 Å². The third kappa shape index (κ3) is 2.05. The fourth-order valence-corrected chi connectivity index (χ4v) is 2.42. The normalized spacial score (nSPS) is 12.0. The van der Waals surface area contributed by atoms with Crippen molar-refractivity contribution in [1.29, 1.82) is 0 Å². The first-order valence-corrected chi connectivity index (χ1v) is 6.90. The molecule has 2 rings (SSSR count). The Bertz CT molecular complexity index is 673. The van der Waals surface area contributed by atoms with E-state index in [9.17, 15) is 8.42 Å². The van der Waals surface area contributed by atoms with Gasteiger partial charge in [-0.1, -0.05) is 0 Å². The van der Waals surface area contributed by atoms with Crippen LogP contribution >= 0.6 is 10.7 Å². The van der Waals surface area contributed by atoms with Gasteiger partial charge in [-0.2, -0.15) is 0 Å². The highest BCUT2D eigenvalue weighted by Crippen LogP contribution is 2.24. The van der Waals surface area contributed by atoms with E-state index in [1.165, 1.54) is 11.6 Å². The summed E-state index contributed by atoms with van der Waals surface area (Å²) in [5.74, 6) is 1.11. The lowest BCUT2D eigenvalue weighted by molar-refractivity contribution is 0.526. The van der Waals surface area contributed by atoms with E-state index in [4.69, 9.17) is 15.1 Å². The van der Waals surface area contributed by atoms with Gasteiger partial charge in [-0.3, -0.25) is 4.57 Å².